The van der Waals surface area contributed by atoms with Crippen LogP contribution in [0.15, 0.2) is 48.7 Å². The Morgan fingerprint density at radius 2 is 1.87 bits per heavy atom. The van der Waals surface area contributed by atoms with Crippen molar-refractivity contribution in [3.05, 3.63) is 71.2 Å². The molecule has 0 unspecified atom stereocenters. The van der Waals surface area contributed by atoms with Crippen LogP contribution >= 0.6 is 0 Å². The van der Waals surface area contributed by atoms with E-state index in [4.69, 9.17) is 0 Å². The van der Waals surface area contributed by atoms with Crippen LogP contribution in [0.25, 0.3) is 16.9 Å². The highest BCUT2D eigenvalue weighted by Gasteiger charge is 2.27. The number of fused-ring (bicyclic) bond motifs is 1. The van der Waals surface area contributed by atoms with E-state index in [1.165, 1.54) is 10.6 Å². The van der Waals surface area contributed by atoms with Gasteiger partial charge in [0.1, 0.15) is 5.82 Å². The molecule has 1 fully saturated rings. The van der Waals surface area contributed by atoms with Gasteiger partial charge in [0, 0.05) is 35.5 Å². The second kappa shape index (κ2) is 9.96. The van der Waals surface area contributed by atoms with Gasteiger partial charge in [-0.15, -0.1) is 5.10 Å². The normalized spacial score (nSPS) is 13.5. The van der Waals surface area contributed by atoms with Gasteiger partial charge in [-0.3, -0.25) is 4.79 Å². The van der Waals surface area contributed by atoms with Crippen LogP contribution in [0.3, 0.4) is 0 Å². The number of benzene rings is 2. The number of alkyl halides is 3. The molecule has 5 rings (SSSR count). The number of anilines is 3. The largest absolute Gasteiger partial charge is 0.390 e. The van der Waals surface area contributed by atoms with E-state index in [0.29, 0.717) is 39.7 Å². The van der Waals surface area contributed by atoms with E-state index in [-0.39, 0.29) is 24.3 Å². The molecule has 1 aliphatic rings. The predicted octanol–water partition coefficient (Wildman–Crippen LogP) is 6.15. The molecule has 1 aliphatic carbocycles. The Bertz CT molecular complexity index is 1510. The van der Waals surface area contributed by atoms with Crippen LogP contribution in [0.5, 0.6) is 0 Å². The van der Waals surface area contributed by atoms with Crippen molar-refractivity contribution in [3.8, 4) is 11.3 Å². The van der Waals surface area contributed by atoms with Gasteiger partial charge in [0.25, 0.3) is 5.91 Å². The summed E-state index contributed by atoms with van der Waals surface area (Å²) in [6.07, 6.45) is -1.76. The summed E-state index contributed by atoms with van der Waals surface area (Å²) in [7, 11) is 0. The number of hydrogen-bond donors (Lipinski definition) is 3. The Labute approximate surface area is 216 Å². The first-order valence-corrected chi connectivity index (χ1v) is 12.2. The highest BCUT2D eigenvalue weighted by Crippen LogP contribution is 2.30. The molecular formula is C27H26F4N6O. The van der Waals surface area contributed by atoms with Gasteiger partial charge in [-0.1, -0.05) is 6.07 Å². The summed E-state index contributed by atoms with van der Waals surface area (Å²) in [6.45, 7) is 3.13. The molecule has 0 aliphatic heterocycles. The molecule has 38 heavy (non-hydrogen) atoms. The Morgan fingerprint density at radius 3 is 2.55 bits per heavy atom. The van der Waals surface area contributed by atoms with Gasteiger partial charge in [-0.2, -0.15) is 13.2 Å². The van der Waals surface area contributed by atoms with E-state index in [2.05, 4.69) is 26.0 Å². The van der Waals surface area contributed by atoms with Crippen molar-refractivity contribution >= 4 is 28.7 Å². The zero-order valence-electron chi connectivity index (χ0n) is 20.8. The Hall–Kier alpha value is -4.15. The van der Waals surface area contributed by atoms with Gasteiger partial charge >= 0.3 is 6.18 Å². The maximum absolute atomic E-state index is 13.7. The first-order chi connectivity index (χ1) is 18.1. The predicted molar refractivity (Wildman–Crippen MR) is 137 cm³/mol. The van der Waals surface area contributed by atoms with Gasteiger partial charge in [0.05, 0.1) is 24.0 Å². The van der Waals surface area contributed by atoms with Crippen LogP contribution in [0.2, 0.25) is 0 Å². The zero-order valence-corrected chi connectivity index (χ0v) is 20.8. The number of aromatic nitrogens is 3. The standard InChI is InChI=1S/C27H26F4N6O/c1-15-11-17(3-7-20(15)26(38)35-18-4-5-18)23-14-33-25-22(32-10-9-27(29,30)31)13-24(36-37(23)25)34-19-6-8-21(28)16(2)12-19/h3,6-8,11-14,18,32H,4-5,9-10H2,1-2H3,(H,34,36)(H,35,38). The molecule has 0 saturated heterocycles. The van der Waals surface area contributed by atoms with Gasteiger partial charge < -0.3 is 16.0 Å². The second-order valence-electron chi connectivity index (χ2n) is 9.48. The van der Waals surface area contributed by atoms with Crippen LogP contribution in [0.4, 0.5) is 34.8 Å². The topological polar surface area (TPSA) is 83.3 Å². The minimum absolute atomic E-state index is 0.120. The molecule has 4 aromatic rings. The molecule has 2 aromatic heterocycles. The van der Waals surface area contributed by atoms with Crippen molar-refractivity contribution in [1.29, 1.82) is 0 Å². The molecule has 11 heteroatoms. The molecule has 7 nitrogen and oxygen atoms in total. The number of nitrogens with zero attached hydrogens (tertiary/aromatic N) is 3. The fourth-order valence-electron chi connectivity index (χ4n) is 4.13. The number of carbonyl (C=O) groups is 1. The third-order valence-corrected chi connectivity index (χ3v) is 6.30. The molecule has 2 heterocycles. The molecular weight excluding hydrogens is 500 g/mol. The number of halogens is 4. The first kappa shape index (κ1) is 25.5. The molecule has 0 atom stereocenters. The van der Waals surface area contributed by atoms with Crippen molar-refractivity contribution in [2.75, 3.05) is 17.2 Å². The number of rotatable bonds is 8. The third-order valence-electron chi connectivity index (χ3n) is 6.30. The first-order valence-electron chi connectivity index (χ1n) is 12.2. The van der Waals surface area contributed by atoms with Gasteiger partial charge in [0.15, 0.2) is 11.5 Å². The number of hydrogen-bond acceptors (Lipinski definition) is 5. The van der Waals surface area contributed by atoms with Gasteiger partial charge in [-0.05, 0) is 68.1 Å². The van der Waals surface area contributed by atoms with Crippen molar-refractivity contribution < 1.29 is 22.4 Å². The van der Waals surface area contributed by atoms with Crippen molar-refractivity contribution in [3.63, 3.8) is 0 Å². The van der Waals surface area contributed by atoms with Crippen LogP contribution in [-0.2, 0) is 0 Å². The minimum atomic E-state index is -4.31. The fourth-order valence-corrected chi connectivity index (χ4v) is 4.13. The summed E-state index contributed by atoms with van der Waals surface area (Å²) in [6, 6.07) is 11.7. The average molecular weight is 527 g/mol. The minimum Gasteiger partial charge on any atom is -0.382 e. The molecule has 0 spiro atoms. The highest BCUT2D eigenvalue weighted by molar-refractivity contribution is 5.96. The second-order valence-corrected chi connectivity index (χ2v) is 9.48. The Kier molecular flexibility index (Phi) is 6.68. The molecule has 2 aromatic carbocycles. The Balaban J connectivity index is 1.51. The summed E-state index contributed by atoms with van der Waals surface area (Å²) in [5, 5.41) is 13.5. The van der Waals surface area contributed by atoms with Crippen LogP contribution in [-0.4, -0.2) is 39.3 Å². The Morgan fingerprint density at radius 1 is 1.08 bits per heavy atom. The SMILES string of the molecule is Cc1cc(Nc2cc(NCCC(F)(F)F)c3ncc(-c4ccc(C(=O)NC5CC5)c(C)c4)n3n2)ccc1F. The van der Waals surface area contributed by atoms with E-state index >= 15 is 0 Å². The lowest BCUT2D eigenvalue weighted by Crippen LogP contribution is -2.26. The summed E-state index contributed by atoms with van der Waals surface area (Å²) >= 11 is 0. The summed E-state index contributed by atoms with van der Waals surface area (Å²) in [5.74, 6) is -0.144. The summed E-state index contributed by atoms with van der Waals surface area (Å²) < 4.78 is 53.6. The van der Waals surface area contributed by atoms with Crippen LogP contribution in [0.1, 0.15) is 40.7 Å². The van der Waals surface area contributed by atoms with Gasteiger partial charge in [-0.25, -0.2) is 13.9 Å². The maximum Gasteiger partial charge on any atom is 0.390 e. The molecule has 3 N–H and O–H groups in total. The maximum atomic E-state index is 13.7. The molecule has 1 saturated carbocycles. The van der Waals surface area contributed by atoms with E-state index in [0.717, 1.165) is 24.0 Å². The monoisotopic (exact) mass is 526 g/mol. The van der Waals surface area contributed by atoms with E-state index in [1.807, 2.05) is 13.0 Å². The van der Waals surface area contributed by atoms with Crippen LogP contribution < -0.4 is 16.0 Å². The van der Waals surface area contributed by atoms with Crippen molar-refractivity contribution in [2.45, 2.75) is 45.3 Å². The lowest BCUT2D eigenvalue weighted by molar-refractivity contribution is -0.131. The van der Waals surface area contributed by atoms with E-state index < -0.39 is 12.6 Å². The number of imidazole rings is 1. The number of aryl methyl sites for hydroxylation is 2. The lowest BCUT2D eigenvalue weighted by Gasteiger charge is -2.14. The molecule has 198 valence electrons. The van der Waals surface area contributed by atoms with Crippen molar-refractivity contribution in [1.82, 2.24) is 19.9 Å². The average Bonchev–Trinajstić information content (AvgIpc) is 3.55. The highest BCUT2D eigenvalue weighted by atomic mass is 19.4. The van der Waals surface area contributed by atoms with E-state index in [9.17, 15) is 22.4 Å². The molecule has 0 bridgehead atoms. The number of amides is 1. The number of carbonyl (C=O) groups excluding carboxylic acids is 1. The molecule has 1 amide bonds. The smallest absolute Gasteiger partial charge is 0.382 e. The summed E-state index contributed by atoms with van der Waals surface area (Å²) in [4.78, 5) is 17.0. The number of nitrogens with one attached hydrogen (secondary N) is 3. The van der Waals surface area contributed by atoms with Gasteiger partial charge in [0.2, 0.25) is 0 Å². The lowest BCUT2D eigenvalue weighted by atomic mass is 10.0. The van der Waals surface area contributed by atoms with Crippen LogP contribution in [0, 0.1) is 19.7 Å². The summed E-state index contributed by atoms with van der Waals surface area (Å²) in [5.41, 5.74) is 4.38. The third kappa shape index (κ3) is 5.71. The fraction of sp³-hybridized carbons (Fsp3) is 0.296. The van der Waals surface area contributed by atoms with Crippen molar-refractivity contribution in [2.24, 2.45) is 0 Å². The van der Waals surface area contributed by atoms with E-state index in [1.54, 1.807) is 43.5 Å². The quantitative estimate of drug-likeness (QED) is 0.240. The zero-order chi connectivity index (χ0) is 27.0. The molecule has 0 radical (unpaired) electrons.